The molecule has 7 heteroatoms. The molecule has 22 heavy (non-hydrogen) atoms. The topological polar surface area (TPSA) is 79.8 Å². The summed E-state index contributed by atoms with van der Waals surface area (Å²) in [6.07, 6.45) is 2.08. The number of halogens is 1. The lowest BCUT2D eigenvalue weighted by Gasteiger charge is -2.07. The third-order valence-electron chi connectivity index (χ3n) is 2.51. The second kappa shape index (κ2) is 9.62. The summed E-state index contributed by atoms with van der Waals surface area (Å²) in [7, 11) is 0. The van der Waals surface area contributed by atoms with Crippen LogP contribution in [0.25, 0.3) is 0 Å². The Labute approximate surface area is 128 Å². The normalized spacial score (nSPS) is 10.9. The van der Waals surface area contributed by atoms with Gasteiger partial charge in [0.2, 0.25) is 0 Å². The van der Waals surface area contributed by atoms with E-state index in [2.05, 4.69) is 15.8 Å². The van der Waals surface area contributed by atoms with E-state index >= 15 is 0 Å². The minimum absolute atomic E-state index is 0.139. The number of nitrogens with one attached hydrogen (secondary N) is 2. The Morgan fingerprint density at radius 3 is 2.59 bits per heavy atom. The van der Waals surface area contributed by atoms with Gasteiger partial charge < -0.3 is 10.1 Å². The van der Waals surface area contributed by atoms with Crippen LogP contribution < -0.4 is 10.7 Å². The summed E-state index contributed by atoms with van der Waals surface area (Å²) in [6.45, 7) is 4.71. The van der Waals surface area contributed by atoms with Crippen LogP contribution >= 0.6 is 0 Å². The van der Waals surface area contributed by atoms with E-state index in [4.69, 9.17) is 4.74 Å². The summed E-state index contributed by atoms with van der Waals surface area (Å²) >= 11 is 0. The quantitative estimate of drug-likeness (QED) is 0.344. The smallest absolute Gasteiger partial charge is 0.329 e. The third kappa shape index (κ3) is 7.49. The highest BCUT2D eigenvalue weighted by molar-refractivity contribution is 6.35. The van der Waals surface area contributed by atoms with E-state index in [1.165, 1.54) is 30.5 Å². The Bertz CT molecular complexity index is 515. The second-order valence-corrected chi connectivity index (χ2v) is 4.78. The number of hydrogen-bond acceptors (Lipinski definition) is 4. The summed E-state index contributed by atoms with van der Waals surface area (Å²) in [5, 5.41) is 6.09. The van der Waals surface area contributed by atoms with Crippen molar-refractivity contribution in [3.05, 3.63) is 35.6 Å². The van der Waals surface area contributed by atoms with Crippen LogP contribution in [0.5, 0.6) is 0 Å². The Kier molecular flexibility index (Phi) is 7.77. The van der Waals surface area contributed by atoms with E-state index in [-0.39, 0.29) is 11.9 Å². The van der Waals surface area contributed by atoms with E-state index in [0.29, 0.717) is 25.1 Å². The fraction of sp³-hybridized carbons (Fsp3) is 0.400. The summed E-state index contributed by atoms with van der Waals surface area (Å²) in [5.41, 5.74) is 2.70. The molecule has 0 aliphatic carbocycles. The van der Waals surface area contributed by atoms with Crippen LogP contribution in [0.2, 0.25) is 0 Å². The maximum absolute atomic E-state index is 12.7. The summed E-state index contributed by atoms with van der Waals surface area (Å²) in [5.74, 6) is -1.98. The van der Waals surface area contributed by atoms with E-state index in [1.54, 1.807) is 0 Å². The summed E-state index contributed by atoms with van der Waals surface area (Å²) < 4.78 is 18.0. The van der Waals surface area contributed by atoms with E-state index in [0.717, 1.165) is 0 Å². The van der Waals surface area contributed by atoms with Gasteiger partial charge in [0.05, 0.1) is 12.3 Å². The molecule has 0 heterocycles. The average molecular weight is 309 g/mol. The van der Waals surface area contributed by atoms with Gasteiger partial charge in [-0.3, -0.25) is 9.59 Å². The van der Waals surface area contributed by atoms with Gasteiger partial charge in [-0.15, -0.1) is 0 Å². The Morgan fingerprint density at radius 1 is 1.27 bits per heavy atom. The molecule has 0 aliphatic heterocycles. The predicted octanol–water partition coefficient (Wildman–Crippen LogP) is 1.21. The number of hydrazone groups is 1. The number of carbonyl (C=O) groups excluding carboxylic acids is 2. The van der Waals surface area contributed by atoms with Crippen molar-refractivity contribution in [2.24, 2.45) is 5.10 Å². The zero-order valence-corrected chi connectivity index (χ0v) is 12.6. The zero-order chi connectivity index (χ0) is 16.4. The number of amides is 2. The first-order valence-electron chi connectivity index (χ1n) is 6.97. The van der Waals surface area contributed by atoms with Gasteiger partial charge in [-0.05, 0) is 38.0 Å². The maximum atomic E-state index is 12.7. The largest absolute Gasteiger partial charge is 0.379 e. The molecule has 0 spiro atoms. The highest BCUT2D eigenvalue weighted by atomic mass is 19.1. The standard InChI is InChI=1S/C15H20FN3O3/c1-11(2)22-9-3-8-17-14(20)15(21)19-18-10-12-4-6-13(16)7-5-12/h4-7,10-11H,3,8-9H2,1-2H3,(H,17,20)(H,19,21)/b18-10-. The average Bonchev–Trinajstić information content (AvgIpc) is 2.48. The van der Waals surface area contributed by atoms with Crippen LogP contribution in [0, 0.1) is 5.82 Å². The SMILES string of the molecule is CC(C)OCCCNC(=O)C(=O)N/N=C\c1ccc(F)cc1. The van der Waals surface area contributed by atoms with Crippen molar-refractivity contribution in [2.45, 2.75) is 26.4 Å². The fourth-order valence-corrected chi connectivity index (χ4v) is 1.44. The van der Waals surface area contributed by atoms with Gasteiger partial charge >= 0.3 is 11.8 Å². The molecule has 1 rings (SSSR count). The number of rotatable bonds is 7. The second-order valence-electron chi connectivity index (χ2n) is 4.78. The molecule has 120 valence electrons. The van der Waals surface area contributed by atoms with Gasteiger partial charge in [-0.1, -0.05) is 12.1 Å². The first-order valence-corrected chi connectivity index (χ1v) is 6.97. The summed E-state index contributed by atoms with van der Waals surface area (Å²) in [6, 6.07) is 5.55. The molecule has 1 aromatic rings. The third-order valence-corrected chi connectivity index (χ3v) is 2.51. The molecule has 1 aromatic carbocycles. The monoisotopic (exact) mass is 309 g/mol. The zero-order valence-electron chi connectivity index (χ0n) is 12.6. The van der Waals surface area contributed by atoms with E-state index in [1.807, 2.05) is 13.8 Å². The lowest BCUT2D eigenvalue weighted by molar-refractivity contribution is -0.139. The van der Waals surface area contributed by atoms with Crippen LogP contribution in [-0.4, -0.2) is 37.3 Å². The number of ether oxygens (including phenoxy) is 1. The molecule has 0 fully saturated rings. The molecule has 0 saturated heterocycles. The molecule has 6 nitrogen and oxygen atoms in total. The fourth-order valence-electron chi connectivity index (χ4n) is 1.44. The van der Waals surface area contributed by atoms with Gasteiger partial charge in [0.25, 0.3) is 0 Å². The van der Waals surface area contributed by atoms with Crippen molar-refractivity contribution in [1.82, 2.24) is 10.7 Å². The molecule has 0 atom stereocenters. The van der Waals surface area contributed by atoms with E-state index in [9.17, 15) is 14.0 Å². The van der Waals surface area contributed by atoms with Crippen LogP contribution in [0.1, 0.15) is 25.8 Å². The lowest BCUT2D eigenvalue weighted by Crippen LogP contribution is -2.38. The Balaban J connectivity index is 2.23. The van der Waals surface area contributed by atoms with Crippen molar-refractivity contribution in [2.75, 3.05) is 13.2 Å². The minimum Gasteiger partial charge on any atom is -0.379 e. The van der Waals surface area contributed by atoms with Crippen molar-refractivity contribution in [3.63, 3.8) is 0 Å². The first kappa shape index (κ1) is 17.8. The molecular weight excluding hydrogens is 289 g/mol. The van der Waals surface area contributed by atoms with Crippen molar-refractivity contribution in [1.29, 1.82) is 0 Å². The van der Waals surface area contributed by atoms with Crippen LogP contribution in [-0.2, 0) is 14.3 Å². The van der Waals surface area contributed by atoms with Gasteiger partial charge in [0.1, 0.15) is 5.82 Å². The highest BCUT2D eigenvalue weighted by Crippen LogP contribution is 1.99. The molecule has 2 amide bonds. The number of benzene rings is 1. The molecule has 0 aromatic heterocycles. The molecule has 2 N–H and O–H groups in total. The summed E-state index contributed by atoms with van der Waals surface area (Å²) in [4.78, 5) is 22.9. The number of carbonyl (C=O) groups is 2. The van der Waals surface area contributed by atoms with Crippen molar-refractivity contribution in [3.8, 4) is 0 Å². The highest BCUT2D eigenvalue weighted by Gasteiger charge is 2.11. The Hall–Kier alpha value is -2.28. The minimum atomic E-state index is -0.858. The van der Waals surface area contributed by atoms with Gasteiger partial charge in [-0.2, -0.15) is 5.10 Å². The molecule has 0 unspecified atom stereocenters. The van der Waals surface area contributed by atoms with Gasteiger partial charge in [0.15, 0.2) is 0 Å². The number of hydrogen-bond donors (Lipinski definition) is 2. The van der Waals surface area contributed by atoms with Crippen molar-refractivity contribution < 1.29 is 18.7 Å². The van der Waals surface area contributed by atoms with Crippen LogP contribution in [0.15, 0.2) is 29.4 Å². The molecular formula is C15H20FN3O3. The molecule has 0 aliphatic rings. The van der Waals surface area contributed by atoms with Crippen LogP contribution in [0.3, 0.4) is 0 Å². The first-order chi connectivity index (χ1) is 10.5. The predicted molar refractivity (Wildman–Crippen MR) is 80.9 cm³/mol. The van der Waals surface area contributed by atoms with Gasteiger partial charge in [0, 0.05) is 13.2 Å². The molecule has 0 saturated carbocycles. The van der Waals surface area contributed by atoms with E-state index < -0.39 is 11.8 Å². The van der Waals surface area contributed by atoms with Crippen LogP contribution in [0.4, 0.5) is 4.39 Å². The maximum Gasteiger partial charge on any atom is 0.329 e. The molecule has 0 bridgehead atoms. The van der Waals surface area contributed by atoms with Crippen molar-refractivity contribution >= 4 is 18.0 Å². The van der Waals surface area contributed by atoms with Gasteiger partial charge in [-0.25, -0.2) is 9.82 Å². The Morgan fingerprint density at radius 2 is 1.95 bits per heavy atom. The number of nitrogens with zero attached hydrogens (tertiary/aromatic N) is 1. The molecule has 0 radical (unpaired) electrons. The lowest BCUT2D eigenvalue weighted by atomic mass is 10.2.